The molecule has 4 nitrogen and oxygen atoms in total. The highest BCUT2D eigenvalue weighted by molar-refractivity contribution is 7.81. The second-order valence-electron chi connectivity index (χ2n) is 1.43. The van der Waals surface area contributed by atoms with Gasteiger partial charge in [0.1, 0.15) is 13.3 Å². The lowest BCUT2D eigenvalue weighted by Gasteiger charge is -2.00. The third-order valence-corrected chi connectivity index (χ3v) is 1.52. The fourth-order valence-corrected chi connectivity index (χ4v) is 0.903. The molecule has 0 rings (SSSR count). The molecular formula is C4H8F2O4S. The average molecular weight is 190 g/mol. The molecule has 0 aliphatic carbocycles. The SMILES string of the molecule is O=S(=O)(OCCF)OCCF. The predicted molar refractivity (Wildman–Crippen MR) is 32.8 cm³/mol. The van der Waals surface area contributed by atoms with E-state index in [0.717, 1.165) is 0 Å². The monoisotopic (exact) mass is 190 g/mol. The molecular weight excluding hydrogens is 182 g/mol. The molecule has 68 valence electrons. The quantitative estimate of drug-likeness (QED) is 0.600. The molecule has 7 heteroatoms. The van der Waals surface area contributed by atoms with Gasteiger partial charge in [0, 0.05) is 0 Å². The van der Waals surface area contributed by atoms with E-state index in [1.807, 2.05) is 0 Å². The van der Waals surface area contributed by atoms with E-state index < -0.39 is 37.0 Å². The lowest BCUT2D eigenvalue weighted by atomic mass is 10.9. The minimum Gasteiger partial charge on any atom is -0.249 e. The van der Waals surface area contributed by atoms with Crippen molar-refractivity contribution in [2.24, 2.45) is 0 Å². The highest BCUT2D eigenvalue weighted by atomic mass is 32.3. The van der Waals surface area contributed by atoms with Gasteiger partial charge in [0.05, 0.1) is 13.2 Å². The number of hydrogen-bond acceptors (Lipinski definition) is 4. The van der Waals surface area contributed by atoms with Crippen molar-refractivity contribution >= 4 is 10.4 Å². The minimum atomic E-state index is -4.19. The maximum atomic E-state index is 11.3. The molecule has 0 saturated heterocycles. The van der Waals surface area contributed by atoms with Gasteiger partial charge in [0.2, 0.25) is 0 Å². The first-order valence-electron chi connectivity index (χ1n) is 2.78. The van der Waals surface area contributed by atoms with Crippen LogP contribution in [0.4, 0.5) is 8.78 Å². The van der Waals surface area contributed by atoms with Crippen molar-refractivity contribution in [1.82, 2.24) is 0 Å². The van der Waals surface area contributed by atoms with Crippen molar-refractivity contribution in [2.45, 2.75) is 0 Å². The van der Waals surface area contributed by atoms with Crippen LogP contribution in [-0.2, 0) is 18.8 Å². The maximum Gasteiger partial charge on any atom is 0.400 e. The van der Waals surface area contributed by atoms with Crippen molar-refractivity contribution in [3.63, 3.8) is 0 Å². The highest BCUT2D eigenvalue weighted by Gasteiger charge is 2.10. The molecule has 0 spiro atoms. The Labute approximate surface area is 63.4 Å². The maximum absolute atomic E-state index is 11.3. The van der Waals surface area contributed by atoms with Crippen LogP contribution in [0.1, 0.15) is 0 Å². The Kier molecular flexibility index (Phi) is 5.26. The third kappa shape index (κ3) is 6.14. The summed E-state index contributed by atoms with van der Waals surface area (Å²) >= 11 is 0. The zero-order chi connectivity index (χ0) is 8.74. The van der Waals surface area contributed by atoms with E-state index in [4.69, 9.17) is 0 Å². The molecule has 0 bridgehead atoms. The molecule has 0 aromatic carbocycles. The van der Waals surface area contributed by atoms with Gasteiger partial charge in [-0.1, -0.05) is 0 Å². The summed E-state index contributed by atoms with van der Waals surface area (Å²) in [6, 6.07) is 0. The Morgan fingerprint density at radius 3 is 1.64 bits per heavy atom. The second kappa shape index (κ2) is 5.39. The van der Waals surface area contributed by atoms with Gasteiger partial charge in [-0.05, 0) is 0 Å². The molecule has 0 fully saturated rings. The fourth-order valence-electron chi connectivity index (χ4n) is 0.301. The first-order valence-corrected chi connectivity index (χ1v) is 4.11. The van der Waals surface area contributed by atoms with E-state index >= 15 is 0 Å². The van der Waals surface area contributed by atoms with E-state index in [2.05, 4.69) is 8.37 Å². The van der Waals surface area contributed by atoms with E-state index in [0.29, 0.717) is 0 Å². The summed E-state index contributed by atoms with van der Waals surface area (Å²) in [5.74, 6) is 0. The van der Waals surface area contributed by atoms with Crippen LogP contribution >= 0.6 is 0 Å². The summed E-state index contributed by atoms with van der Waals surface area (Å²) in [5, 5.41) is 0. The van der Waals surface area contributed by atoms with Crippen LogP contribution < -0.4 is 0 Å². The Hall–Kier alpha value is -0.270. The summed E-state index contributed by atoms with van der Waals surface area (Å²) in [6.45, 7) is -3.07. The fraction of sp³-hybridized carbons (Fsp3) is 1.00. The smallest absolute Gasteiger partial charge is 0.249 e. The van der Waals surface area contributed by atoms with Crippen LogP contribution in [0.2, 0.25) is 0 Å². The van der Waals surface area contributed by atoms with Crippen LogP contribution in [0.3, 0.4) is 0 Å². The van der Waals surface area contributed by atoms with Crippen molar-refractivity contribution in [3.05, 3.63) is 0 Å². The molecule has 0 atom stereocenters. The van der Waals surface area contributed by atoms with Gasteiger partial charge in [-0.3, -0.25) is 0 Å². The first-order chi connectivity index (χ1) is 5.12. The largest absolute Gasteiger partial charge is 0.400 e. The lowest BCUT2D eigenvalue weighted by molar-refractivity contribution is 0.190. The van der Waals surface area contributed by atoms with Crippen molar-refractivity contribution < 1.29 is 25.6 Å². The molecule has 0 aliphatic rings. The summed E-state index contributed by atoms with van der Waals surface area (Å²) in [7, 11) is -4.19. The Balaban J connectivity index is 3.63. The molecule has 0 N–H and O–H groups in total. The summed E-state index contributed by atoms with van der Waals surface area (Å²) in [6.07, 6.45) is 0. The van der Waals surface area contributed by atoms with Crippen molar-refractivity contribution in [2.75, 3.05) is 26.6 Å². The van der Waals surface area contributed by atoms with Gasteiger partial charge in [0.25, 0.3) is 0 Å². The number of hydrogen-bond donors (Lipinski definition) is 0. The minimum absolute atomic E-state index is 0.603. The zero-order valence-corrected chi connectivity index (χ0v) is 6.44. The molecule has 0 aromatic heterocycles. The van der Waals surface area contributed by atoms with Gasteiger partial charge in [-0.25, -0.2) is 17.1 Å². The van der Waals surface area contributed by atoms with E-state index in [-0.39, 0.29) is 0 Å². The molecule has 0 heterocycles. The van der Waals surface area contributed by atoms with E-state index in [1.165, 1.54) is 0 Å². The van der Waals surface area contributed by atoms with Gasteiger partial charge in [0.15, 0.2) is 0 Å². The van der Waals surface area contributed by atoms with Gasteiger partial charge >= 0.3 is 10.4 Å². The third-order valence-electron chi connectivity index (χ3n) is 0.610. The van der Waals surface area contributed by atoms with Crippen LogP contribution in [0, 0.1) is 0 Å². The molecule has 0 saturated carbocycles. The van der Waals surface area contributed by atoms with Crippen LogP contribution in [-0.4, -0.2) is 35.0 Å². The average Bonchev–Trinajstić information content (AvgIpc) is 1.97. The van der Waals surface area contributed by atoms with Crippen LogP contribution in [0.25, 0.3) is 0 Å². The molecule has 0 unspecified atom stereocenters. The molecule has 0 amide bonds. The van der Waals surface area contributed by atoms with Gasteiger partial charge in [-0.2, -0.15) is 8.42 Å². The second-order valence-corrected chi connectivity index (χ2v) is 2.72. The summed E-state index contributed by atoms with van der Waals surface area (Å²) in [4.78, 5) is 0. The van der Waals surface area contributed by atoms with Crippen LogP contribution in [0.15, 0.2) is 0 Å². The standard InChI is InChI=1S/C4H8F2O4S/c5-1-3-9-11(7,8)10-4-2-6/h1-4H2. The lowest BCUT2D eigenvalue weighted by Crippen LogP contribution is -2.13. The van der Waals surface area contributed by atoms with Gasteiger partial charge in [-0.15, -0.1) is 0 Å². The molecule has 0 aliphatic heterocycles. The van der Waals surface area contributed by atoms with Crippen molar-refractivity contribution in [1.29, 1.82) is 0 Å². The predicted octanol–water partition coefficient (Wildman–Crippen LogP) is 0.203. The summed E-state index contributed by atoms with van der Waals surface area (Å²) < 4.78 is 51.2. The molecule has 11 heavy (non-hydrogen) atoms. The van der Waals surface area contributed by atoms with Gasteiger partial charge < -0.3 is 0 Å². The molecule has 0 radical (unpaired) electrons. The van der Waals surface area contributed by atoms with Crippen LogP contribution in [0.5, 0.6) is 0 Å². The Morgan fingerprint density at radius 2 is 1.36 bits per heavy atom. The van der Waals surface area contributed by atoms with E-state index in [1.54, 1.807) is 0 Å². The zero-order valence-electron chi connectivity index (χ0n) is 5.63. The number of rotatable bonds is 6. The number of halogens is 2. The Bertz CT molecular complexity index is 165. The topological polar surface area (TPSA) is 52.6 Å². The number of alkyl halides is 2. The summed E-state index contributed by atoms with van der Waals surface area (Å²) in [5.41, 5.74) is 0. The molecule has 0 aromatic rings. The van der Waals surface area contributed by atoms with Crippen molar-refractivity contribution in [3.8, 4) is 0 Å². The normalized spacial score (nSPS) is 11.8. The Morgan fingerprint density at radius 1 is 1.00 bits per heavy atom. The highest BCUT2D eigenvalue weighted by Crippen LogP contribution is 1.95. The van der Waals surface area contributed by atoms with E-state index in [9.17, 15) is 17.2 Å². The first kappa shape index (κ1) is 10.7.